The van der Waals surface area contributed by atoms with Crippen molar-refractivity contribution in [3.8, 4) is 0 Å². The van der Waals surface area contributed by atoms with E-state index in [1.165, 1.54) is 55.2 Å². The van der Waals surface area contributed by atoms with Crippen molar-refractivity contribution in [2.24, 2.45) is 0 Å². The molecule has 0 aromatic heterocycles. The Morgan fingerprint density at radius 2 is 0.966 bits per heavy atom. The van der Waals surface area contributed by atoms with Gasteiger partial charge >= 0.3 is 0 Å². The second-order valence-electron chi connectivity index (χ2n) is 8.29. The number of nitrogens with zero attached hydrogens (tertiary/aromatic N) is 2. The summed E-state index contributed by atoms with van der Waals surface area (Å²) < 4.78 is 0. The molecule has 0 aliphatic carbocycles. The first-order chi connectivity index (χ1) is 14.0. The fourth-order valence-corrected chi connectivity index (χ4v) is 4.53. The summed E-state index contributed by atoms with van der Waals surface area (Å²) in [6, 6.07) is 22.4. The first kappa shape index (κ1) is 17.8. The molecular formula is C27H26N2. The Bertz CT molecular complexity index is 1170. The number of benzene rings is 4. The second kappa shape index (κ2) is 6.66. The molecule has 144 valence electrons. The molecular weight excluding hydrogens is 352 g/mol. The van der Waals surface area contributed by atoms with Gasteiger partial charge in [-0.2, -0.15) is 0 Å². The van der Waals surface area contributed by atoms with E-state index < -0.39 is 0 Å². The average molecular weight is 379 g/mol. The Labute approximate surface area is 172 Å². The normalized spacial score (nSPS) is 13.8. The van der Waals surface area contributed by atoms with Gasteiger partial charge in [0.05, 0.1) is 18.0 Å². The first-order valence-corrected chi connectivity index (χ1v) is 10.2. The van der Waals surface area contributed by atoms with E-state index in [-0.39, 0.29) is 0 Å². The summed E-state index contributed by atoms with van der Waals surface area (Å²) in [6.45, 7) is 9.57. The minimum Gasteiger partial charge on any atom is -0.327 e. The van der Waals surface area contributed by atoms with Gasteiger partial charge < -0.3 is 9.80 Å². The van der Waals surface area contributed by atoms with E-state index in [0.29, 0.717) is 0 Å². The number of aryl methyl sites for hydroxylation is 4. The maximum Gasteiger partial charge on any atom is 0.0990 e. The van der Waals surface area contributed by atoms with E-state index in [1.54, 1.807) is 0 Å². The Hall–Kier alpha value is -3.26. The van der Waals surface area contributed by atoms with Crippen molar-refractivity contribution in [3.05, 3.63) is 95.3 Å². The van der Waals surface area contributed by atoms with Crippen LogP contribution < -0.4 is 9.80 Å². The van der Waals surface area contributed by atoms with Crippen molar-refractivity contribution in [2.75, 3.05) is 16.5 Å². The highest BCUT2D eigenvalue weighted by Gasteiger charge is 2.21. The maximum atomic E-state index is 2.38. The lowest BCUT2D eigenvalue weighted by atomic mass is 10.0. The molecule has 2 nitrogen and oxygen atoms in total. The van der Waals surface area contributed by atoms with Gasteiger partial charge in [-0.15, -0.1) is 0 Å². The molecule has 4 aromatic carbocycles. The van der Waals surface area contributed by atoms with E-state index in [0.717, 1.165) is 6.67 Å². The third-order valence-corrected chi connectivity index (χ3v) is 6.01. The van der Waals surface area contributed by atoms with E-state index in [2.05, 4.69) is 111 Å². The highest BCUT2D eigenvalue weighted by molar-refractivity contribution is 5.99. The van der Waals surface area contributed by atoms with Crippen LogP contribution in [0, 0.1) is 27.7 Å². The summed E-state index contributed by atoms with van der Waals surface area (Å²) in [7, 11) is 0. The van der Waals surface area contributed by atoms with Crippen LogP contribution in [0.3, 0.4) is 0 Å². The lowest BCUT2D eigenvalue weighted by Gasteiger charge is -2.26. The molecule has 1 heterocycles. The van der Waals surface area contributed by atoms with Crippen LogP contribution in [0.15, 0.2) is 73.1 Å². The second-order valence-corrected chi connectivity index (χ2v) is 8.29. The Morgan fingerprint density at radius 3 is 1.41 bits per heavy atom. The van der Waals surface area contributed by atoms with Gasteiger partial charge in [-0.3, -0.25) is 0 Å². The van der Waals surface area contributed by atoms with Crippen LogP contribution in [0.4, 0.5) is 11.4 Å². The molecule has 0 atom stereocenters. The van der Waals surface area contributed by atoms with Gasteiger partial charge in [-0.1, -0.05) is 59.7 Å². The first-order valence-electron chi connectivity index (χ1n) is 10.2. The molecule has 29 heavy (non-hydrogen) atoms. The van der Waals surface area contributed by atoms with Crippen LogP contribution >= 0.6 is 0 Å². The van der Waals surface area contributed by atoms with Gasteiger partial charge in [0.2, 0.25) is 0 Å². The van der Waals surface area contributed by atoms with Gasteiger partial charge in [0, 0.05) is 23.2 Å². The van der Waals surface area contributed by atoms with Crippen LogP contribution in [-0.4, -0.2) is 6.67 Å². The van der Waals surface area contributed by atoms with Crippen LogP contribution in [0.5, 0.6) is 0 Å². The van der Waals surface area contributed by atoms with Crippen LogP contribution in [0.1, 0.15) is 22.3 Å². The number of hydrogen-bond acceptors (Lipinski definition) is 2. The quantitative estimate of drug-likeness (QED) is 0.371. The summed E-state index contributed by atoms with van der Waals surface area (Å²) in [4.78, 5) is 4.76. The van der Waals surface area contributed by atoms with Gasteiger partial charge in [-0.05, 0) is 61.7 Å². The molecule has 1 aliphatic rings. The lowest BCUT2D eigenvalue weighted by Crippen LogP contribution is -2.26. The third kappa shape index (κ3) is 2.96. The maximum absolute atomic E-state index is 2.38. The summed E-state index contributed by atoms with van der Waals surface area (Å²) in [5, 5.41) is 5.23. The van der Waals surface area contributed by atoms with E-state index in [9.17, 15) is 0 Å². The molecule has 0 fully saturated rings. The average Bonchev–Trinajstić information content (AvgIpc) is 3.16. The molecule has 5 rings (SSSR count). The van der Waals surface area contributed by atoms with Crippen LogP contribution in [0.2, 0.25) is 0 Å². The predicted molar refractivity (Wildman–Crippen MR) is 126 cm³/mol. The predicted octanol–water partition coefficient (Wildman–Crippen LogP) is 6.98. The number of hydrogen-bond donors (Lipinski definition) is 0. The SMILES string of the molecule is Cc1ccc2ccc(C)c(N3C=CN(c4c(C)ccc5ccc(C)cc45)C3)c2c1. The molecule has 0 spiro atoms. The Kier molecular flexibility index (Phi) is 4.09. The Morgan fingerprint density at radius 1 is 0.552 bits per heavy atom. The minimum atomic E-state index is 0.821. The van der Waals surface area contributed by atoms with E-state index in [4.69, 9.17) is 0 Å². The topological polar surface area (TPSA) is 6.48 Å². The fourth-order valence-electron chi connectivity index (χ4n) is 4.53. The van der Waals surface area contributed by atoms with Crippen molar-refractivity contribution in [2.45, 2.75) is 27.7 Å². The molecule has 4 aromatic rings. The standard InChI is InChI=1S/C27H26N2/c1-18-5-9-22-11-7-20(3)26(24(22)15-18)28-13-14-29(17-28)27-21(4)8-12-23-10-6-19(2)16-25(23)27/h5-16H,17H2,1-4H3. The van der Waals surface area contributed by atoms with Crippen molar-refractivity contribution in [3.63, 3.8) is 0 Å². The van der Waals surface area contributed by atoms with E-state index in [1.807, 2.05) is 0 Å². The van der Waals surface area contributed by atoms with Crippen molar-refractivity contribution in [1.82, 2.24) is 0 Å². The van der Waals surface area contributed by atoms with Gasteiger partial charge in [0.1, 0.15) is 0 Å². The smallest absolute Gasteiger partial charge is 0.0990 e. The zero-order valence-electron chi connectivity index (χ0n) is 17.5. The summed E-state index contributed by atoms with van der Waals surface area (Å²) in [5.74, 6) is 0. The molecule has 0 saturated heterocycles. The van der Waals surface area contributed by atoms with Crippen LogP contribution in [-0.2, 0) is 0 Å². The lowest BCUT2D eigenvalue weighted by molar-refractivity contribution is 0.974. The fraction of sp³-hybridized carbons (Fsp3) is 0.185. The largest absolute Gasteiger partial charge is 0.327 e. The molecule has 0 N–H and O–H groups in total. The van der Waals surface area contributed by atoms with Crippen molar-refractivity contribution in [1.29, 1.82) is 0 Å². The molecule has 1 aliphatic heterocycles. The monoisotopic (exact) mass is 378 g/mol. The zero-order chi connectivity index (χ0) is 20.1. The number of rotatable bonds is 2. The summed E-state index contributed by atoms with van der Waals surface area (Å²) >= 11 is 0. The number of anilines is 2. The van der Waals surface area contributed by atoms with Gasteiger partial charge in [0.25, 0.3) is 0 Å². The minimum absolute atomic E-state index is 0.821. The molecule has 0 saturated carbocycles. The highest BCUT2D eigenvalue weighted by atomic mass is 15.3. The molecule has 0 amide bonds. The highest BCUT2D eigenvalue weighted by Crippen LogP contribution is 2.37. The van der Waals surface area contributed by atoms with Crippen molar-refractivity contribution >= 4 is 32.9 Å². The van der Waals surface area contributed by atoms with Crippen LogP contribution in [0.25, 0.3) is 21.5 Å². The molecule has 0 bridgehead atoms. The van der Waals surface area contributed by atoms with Gasteiger partial charge in [-0.25, -0.2) is 0 Å². The summed E-state index contributed by atoms with van der Waals surface area (Å²) in [5.41, 5.74) is 7.81. The molecule has 0 unspecified atom stereocenters. The Balaban J connectivity index is 1.60. The van der Waals surface area contributed by atoms with Gasteiger partial charge in [0.15, 0.2) is 0 Å². The number of fused-ring (bicyclic) bond motifs is 2. The zero-order valence-corrected chi connectivity index (χ0v) is 17.5. The molecule has 2 heteroatoms. The van der Waals surface area contributed by atoms with E-state index >= 15 is 0 Å². The summed E-state index contributed by atoms with van der Waals surface area (Å²) in [6.07, 6.45) is 4.44. The van der Waals surface area contributed by atoms with Crippen molar-refractivity contribution < 1.29 is 0 Å². The third-order valence-electron chi connectivity index (χ3n) is 6.01. The molecule has 0 radical (unpaired) electrons.